The van der Waals surface area contributed by atoms with Gasteiger partial charge in [-0.3, -0.25) is 9.69 Å². The fourth-order valence-electron chi connectivity index (χ4n) is 2.45. The van der Waals surface area contributed by atoms with Crippen LogP contribution in [-0.2, 0) is 4.79 Å². The van der Waals surface area contributed by atoms with Gasteiger partial charge in [0.2, 0.25) is 0 Å². The van der Waals surface area contributed by atoms with Gasteiger partial charge in [0.05, 0.1) is 11.7 Å². The van der Waals surface area contributed by atoms with Crippen LogP contribution in [0.3, 0.4) is 0 Å². The van der Waals surface area contributed by atoms with E-state index in [1.807, 2.05) is 31.2 Å². The maximum Gasteiger partial charge on any atom is 0.265 e. The Labute approximate surface area is 128 Å². The SMILES string of the molecule is CC1COc2ccccc2N1C(=O)COc1cccc(F)c1. The van der Waals surface area contributed by atoms with Crippen molar-refractivity contribution in [1.82, 2.24) is 0 Å². The average molecular weight is 301 g/mol. The van der Waals surface area contributed by atoms with Crippen molar-refractivity contribution in [2.24, 2.45) is 0 Å². The number of carbonyl (C=O) groups excluding carboxylic acids is 1. The molecule has 0 spiro atoms. The lowest BCUT2D eigenvalue weighted by Gasteiger charge is -2.34. The molecule has 3 rings (SSSR count). The minimum Gasteiger partial charge on any atom is -0.489 e. The predicted octanol–water partition coefficient (Wildman–Crippen LogP) is 3.02. The number of amides is 1. The van der Waals surface area contributed by atoms with Gasteiger partial charge in [0.1, 0.15) is 23.9 Å². The molecule has 0 saturated carbocycles. The highest BCUT2D eigenvalue weighted by atomic mass is 19.1. The minimum absolute atomic E-state index is 0.0847. The molecule has 0 radical (unpaired) electrons. The Hall–Kier alpha value is -2.56. The molecule has 5 heteroatoms. The van der Waals surface area contributed by atoms with Crippen molar-refractivity contribution in [3.63, 3.8) is 0 Å². The first-order valence-electron chi connectivity index (χ1n) is 7.07. The number of hydrogen-bond donors (Lipinski definition) is 0. The molecule has 2 aromatic carbocycles. The largest absolute Gasteiger partial charge is 0.489 e. The summed E-state index contributed by atoms with van der Waals surface area (Å²) in [7, 11) is 0. The zero-order valence-electron chi connectivity index (χ0n) is 12.2. The van der Waals surface area contributed by atoms with Crippen molar-refractivity contribution in [2.45, 2.75) is 13.0 Å². The molecule has 4 nitrogen and oxygen atoms in total. The Kier molecular flexibility index (Phi) is 3.96. The summed E-state index contributed by atoms with van der Waals surface area (Å²) < 4.78 is 24.1. The number of halogens is 1. The van der Waals surface area contributed by atoms with E-state index >= 15 is 0 Å². The van der Waals surface area contributed by atoms with E-state index in [4.69, 9.17) is 9.47 Å². The smallest absolute Gasteiger partial charge is 0.265 e. The number of nitrogens with zero attached hydrogens (tertiary/aromatic N) is 1. The summed E-state index contributed by atoms with van der Waals surface area (Å²) in [5, 5.41) is 0. The van der Waals surface area contributed by atoms with Crippen molar-refractivity contribution in [1.29, 1.82) is 0 Å². The Bertz CT molecular complexity index is 689. The van der Waals surface area contributed by atoms with Crippen molar-refractivity contribution in [3.05, 3.63) is 54.3 Å². The van der Waals surface area contributed by atoms with Crippen LogP contribution in [-0.4, -0.2) is 25.2 Å². The van der Waals surface area contributed by atoms with Crippen LogP contribution < -0.4 is 14.4 Å². The second kappa shape index (κ2) is 6.05. The van der Waals surface area contributed by atoms with Gasteiger partial charge < -0.3 is 9.47 Å². The summed E-state index contributed by atoms with van der Waals surface area (Å²) in [4.78, 5) is 14.1. The minimum atomic E-state index is -0.393. The Morgan fingerprint density at radius 1 is 1.32 bits per heavy atom. The van der Waals surface area contributed by atoms with E-state index in [2.05, 4.69) is 0 Å². The second-order valence-electron chi connectivity index (χ2n) is 5.14. The molecular formula is C17H16FNO3. The molecule has 0 N–H and O–H groups in total. The van der Waals surface area contributed by atoms with Gasteiger partial charge in [-0.25, -0.2) is 4.39 Å². The highest BCUT2D eigenvalue weighted by Gasteiger charge is 2.29. The number of anilines is 1. The quantitative estimate of drug-likeness (QED) is 0.874. The number of rotatable bonds is 3. The van der Waals surface area contributed by atoms with Gasteiger partial charge in [-0.15, -0.1) is 0 Å². The number of fused-ring (bicyclic) bond motifs is 1. The van der Waals surface area contributed by atoms with Gasteiger partial charge in [-0.1, -0.05) is 18.2 Å². The van der Waals surface area contributed by atoms with Gasteiger partial charge in [-0.2, -0.15) is 0 Å². The van der Waals surface area contributed by atoms with Crippen molar-refractivity contribution in [3.8, 4) is 11.5 Å². The van der Waals surface area contributed by atoms with Gasteiger partial charge in [-0.05, 0) is 31.2 Å². The third-order valence-corrected chi connectivity index (χ3v) is 3.47. The third kappa shape index (κ3) is 2.88. The number of para-hydroxylation sites is 2. The van der Waals surface area contributed by atoms with E-state index in [-0.39, 0.29) is 18.6 Å². The second-order valence-corrected chi connectivity index (χ2v) is 5.14. The first-order valence-corrected chi connectivity index (χ1v) is 7.07. The molecule has 1 aliphatic rings. The molecule has 1 unspecified atom stereocenters. The number of ether oxygens (including phenoxy) is 2. The van der Waals surface area contributed by atoms with Crippen molar-refractivity contribution < 1.29 is 18.7 Å². The molecule has 1 atom stereocenters. The molecule has 2 aromatic rings. The van der Waals surface area contributed by atoms with E-state index in [1.165, 1.54) is 12.1 Å². The monoisotopic (exact) mass is 301 g/mol. The fraction of sp³-hybridized carbons (Fsp3) is 0.235. The first kappa shape index (κ1) is 14.4. The lowest BCUT2D eigenvalue weighted by Crippen LogP contribution is -2.47. The van der Waals surface area contributed by atoms with Gasteiger partial charge >= 0.3 is 0 Å². The molecule has 0 saturated heterocycles. The highest BCUT2D eigenvalue weighted by Crippen LogP contribution is 2.33. The summed E-state index contributed by atoms with van der Waals surface area (Å²) in [6, 6.07) is 13.0. The topological polar surface area (TPSA) is 38.8 Å². The van der Waals surface area contributed by atoms with Crippen LogP contribution in [0.15, 0.2) is 48.5 Å². The molecule has 22 heavy (non-hydrogen) atoms. The van der Waals surface area contributed by atoms with Crippen LogP contribution in [0.2, 0.25) is 0 Å². The summed E-state index contributed by atoms with van der Waals surface area (Å²) in [6.45, 7) is 2.20. The van der Waals surface area contributed by atoms with Crippen molar-refractivity contribution in [2.75, 3.05) is 18.1 Å². The number of benzene rings is 2. The Morgan fingerprint density at radius 2 is 2.14 bits per heavy atom. The third-order valence-electron chi connectivity index (χ3n) is 3.47. The Morgan fingerprint density at radius 3 is 2.95 bits per heavy atom. The van der Waals surface area contributed by atoms with Crippen LogP contribution in [0.4, 0.5) is 10.1 Å². The summed E-state index contributed by atoms with van der Waals surface area (Å²) in [5.74, 6) is 0.435. The molecule has 1 heterocycles. The predicted molar refractivity (Wildman–Crippen MR) is 80.8 cm³/mol. The van der Waals surface area contributed by atoms with E-state index in [9.17, 15) is 9.18 Å². The van der Waals surface area contributed by atoms with Crippen LogP contribution in [0.25, 0.3) is 0 Å². The molecule has 0 fully saturated rings. The molecule has 1 amide bonds. The van der Waals surface area contributed by atoms with Crippen LogP contribution in [0.1, 0.15) is 6.92 Å². The number of hydrogen-bond acceptors (Lipinski definition) is 3. The van der Waals surface area contributed by atoms with Crippen LogP contribution >= 0.6 is 0 Å². The summed E-state index contributed by atoms with van der Waals surface area (Å²) in [5.41, 5.74) is 0.731. The molecular weight excluding hydrogens is 285 g/mol. The zero-order chi connectivity index (χ0) is 15.5. The van der Waals surface area contributed by atoms with Crippen LogP contribution in [0.5, 0.6) is 11.5 Å². The zero-order valence-corrected chi connectivity index (χ0v) is 12.2. The summed E-state index contributed by atoms with van der Waals surface area (Å²) >= 11 is 0. The molecule has 114 valence electrons. The van der Waals surface area contributed by atoms with Crippen LogP contribution in [0, 0.1) is 5.82 Å². The molecule has 0 aromatic heterocycles. The maximum absolute atomic E-state index is 13.1. The maximum atomic E-state index is 13.1. The van der Waals surface area contributed by atoms with E-state index in [0.29, 0.717) is 18.1 Å². The summed E-state index contributed by atoms with van der Waals surface area (Å²) in [6.07, 6.45) is 0. The van der Waals surface area contributed by atoms with E-state index < -0.39 is 5.82 Å². The highest BCUT2D eigenvalue weighted by molar-refractivity contribution is 5.96. The average Bonchev–Trinajstić information content (AvgIpc) is 2.52. The first-order chi connectivity index (χ1) is 10.6. The fourth-order valence-corrected chi connectivity index (χ4v) is 2.45. The van der Waals surface area contributed by atoms with E-state index in [1.54, 1.807) is 17.0 Å². The lowest BCUT2D eigenvalue weighted by atomic mass is 10.1. The standard InChI is InChI=1S/C17H16FNO3/c1-12-10-22-16-8-3-2-7-15(16)19(12)17(20)11-21-14-6-4-5-13(18)9-14/h2-9,12H,10-11H2,1H3. The Balaban J connectivity index is 1.74. The molecule has 1 aliphatic heterocycles. The van der Waals surface area contributed by atoms with E-state index in [0.717, 1.165) is 5.69 Å². The molecule has 0 aliphatic carbocycles. The van der Waals surface area contributed by atoms with Gasteiger partial charge in [0.25, 0.3) is 5.91 Å². The number of carbonyl (C=O) groups is 1. The van der Waals surface area contributed by atoms with Gasteiger partial charge in [0, 0.05) is 6.07 Å². The molecule has 0 bridgehead atoms. The van der Waals surface area contributed by atoms with Crippen molar-refractivity contribution >= 4 is 11.6 Å². The normalized spacial score (nSPS) is 16.6. The lowest BCUT2D eigenvalue weighted by molar-refractivity contribution is -0.121. The van der Waals surface area contributed by atoms with Gasteiger partial charge in [0.15, 0.2) is 6.61 Å².